The van der Waals surface area contributed by atoms with Crippen molar-refractivity contribution in [3.63, 3.8) is 0 Å². The van der Waals surface area contributed by atoms with Crippen molar-refractivity contribution >= 4 is 11.9 Å². The van der Waals surface area contributed by atoms with Crippen molar-refractivity contribution in [1.29, 1.82) is 0 Å². The molecule has 8 nitrogen and oxygen atoms in total. The molecule has 2 aromatic rings. The van der Waals surface area contributed by atoms with Crippen LogP contribution in [0.5, 0.6) is 11.5 Å². The van der Waals surface area contributed by atoms with Gasteiger partial charge in [-0.15, -0.1) is 0 Å². The van der Waals surface area contributed by atoms with Gasteiger partial charge in [0.2, 0.25) is 0 Å². The number of allylic oxidation sites excluding steroid dienone is 2. The minimum atomic E-state index is -0.0354. The number of hydrogen-bond acceptors (Lipinski definition) is 4. The second kappa shape index (κ2) is 10.7. The van der Waals surface area contributed by atoms with Gasteiger partial charge >= 0.3 is 6.03 Å². The Bertz CT molecular complexity index is 1170. The van der Waals surface area contributed by atoms with Crippen LogP contribution in [0.3, 0.4) is 0 Å². The molecule has 2 aliphatic rings. The Hall–Kier alpha value is -3.42. The van der Waals surface area contributed by atoms with E-state index in [2.05, 4.69) is 18.0 Å². The molecule has 1 atom stereocenters. The molecule has 8 heteroatoms. The highest BCUT2D eigenvalue weighted by Gasteiger charge is 2.31. The summed E-state index contributed by atoms with van der Waals surface area (Å²) in [6, 6.07) is 5.87. The number of aromatic amines is 1. The monoisotopic (exact) mass is 494 g/mol. The highest BCUT2D eigenvalue weighted by Crippen LogP contribution is 2.39. The van der Waals surface area contributed by atoms with E-state index in [1.807, 2.05) is 53.7 Å². The fourth-order valence-corrected chi connectivity index (χ4v) is 5.41. The largest absolute Gasteiger partial charge is 0.497 e. The van der Waals surface area contributed by atoms with Crippen LogP contribution in [0, 0.1) is 13.8 Å². The summed E-state index contributed by atoms with van der Waals surface area (Å²) in [6.07, 6.45) is 3.65. The molecule has 3 heterocycles. The summed E-state index contributed by atoms with van der Waals surface area (Å²) in [7, 11) is 3.31. The number of carbonyl (C=O) groups is 2. The third kappa shape index (κ3) is 4.94. The molecular formula is C28H38N4O4. The lowest BCUT2D eigenvalue weighted by molar-refractivity contribution is 0.0720. The van der Waals surface area contributed by atoms with Crippen molar-refractivity contribution < 1.29 is 19.1 Å². The van der Waals surface area contributed by atoms with Gasteiger partial charge < -0.3 is 24.3 Å². The molecule has 0 bridgehead atoms. The molecule has 1 fully saturated rings. The molecule has 0 spiro atoms. The minimum Gasteiger partial charge on any atom is -0.497 e. The molecule has 1 N–H and O–H groups in total. The maximum atomic E-state index is 13.8. The van der Waals surface area contributed by atoms with Crippen LogP contribution >= 0.6 is 0 Å². The van der Waals surface area contributed by atoms with E-state index in [9.17, 15) is 9.59 Å². The number of nitrogens with zero attached hydrogens (tertiary/aromatic N) is 3. The van der Waals surface area contributed by atoms with E-state index >= 15 is 0 Å². The molecule has 0 saturated carbocycles. The number of aromatic nitrogens is 1. The molecule has 36 heavy (non-hydrogen) atoms. The van der Waals surface area contributed by atoms with Gasteiger partial charge in [-0.25, -0.2) is 4.79 Å². The van der Waals surface area contributed by atoms with E-state index in [0.29, 0.717) is 50.6 Å². The molecule has 4 rings (SSSR count). The van der Waals surface area contributed by atoms with Crippen LogP contribution in [0.1, 0.15) is 65.5 Å². The second-order valence-corrected chi connectivity index (χ2v) is 9.70. The number of ether oxygens (including phenoxy) is 2. The Morgan fingerprint density at radius 2 is 1.89 bits per heavy atom. The van der Waals surface area contributed by atoms with E-state index in [1.54, 1.807) is 14.2 Å². The zero-order valence-electron chi connectivity index (χ0n) is 22.3. The number of nitrogens with one attached hydrogen (secondary N) is 1. The molecule has 3 amide bonds. The van der Waals surface area contributed by atoms with Gasteiger partial charge in [0.15, 0.2) is 0 Å². The molecule has 1 aromatic carbocycles. The Balaban J connectivity index is 1.67. The zero-order chi connectivity index (χ0) is 26.0. The van der Waals surface area contributed by atoms with Crippen molar-refractivity contribution in [2.24, 2.45) is 0 Å². The molecule has 0 radical (unpaired) electrons. The Morgan fingerprint density at radius 1 is 1.11 bits per heavy atom. The van der Waals surface area contributed by atoms with Crippen LogP contribution in [-0.4, -0.2) is 72.0 Å². The molecule has 1 saturated heterocycles. The van der Waals surface area contributed by atoms with Gasteiger partial charge in [0.05, 0.1) is 20.8 Å². The predicted octanol–water partition coefficient (Wildman–Crippen LogP) is 4.83. The first-order chi connectivity index (χ1) is 17.3. The van der Waals surface area contributed by atoms with Gasteiger partial charge in [0.1, 0.15) is 17.2 Å². The number of H-pyrrole nitrogens is 1. The second-order valence-electron chi connectivity index (χ2n) is 9.70. The first kappa shape index (κ1) is 25.7. The highest BCUT2D eigenvalue weighted by molar-refractivity contribution is 5.94. The lowest BCUT2D eigenvalue weighted by atomic mass is 9.94. The van der Waals surface area contributed by atoms with Crippen LogP contribution in [0.15, 0.2) is 30.0 Å². The number of fused-ring (bicyclic) bond motifs is 2. The molecule has 194 valence electrons. The average molecular weight is 495 g/mol. The third-order valence-electron chi connectivity index (χ3n) is 7.26. The Morgan fingerprint density at radius 3 is 2.53 bits per heavy atom. The SMILES string of the molecule is CCN1CCN(C(=O)c2[nH]c(C)cc2C)CCCC2=CC(C)c3c(cc(OC)cc3OC)CN2C1=O. The number of hydrogen-bond donors (Lipinski definition) is 1. The summed E-state index contributed by atoms with van der Waals surface area (Å²) in [4.78, 5) is 36.1. The lowest BCUT2D eigenvalue weighted by Gasteiger charge is -2.35. The van der Waals surface area contributed by atoms with Crippen LogP contribution in [0.4, 0.5) is 4.79 Å². The maximum absolute atomic E-state index is 13.8. The van der Waals surface area contributed by atoms with E-state index in [-0.39, 0.29) is 17.9 Å². The topological polar surface area (TPSA) is 78.1 Å². The minimum absolute atomic E-state index is 0.00557. The Kier molecular flexibility index (Phi) is 7.62. The molecule has 2 aliphatic heterocycles. The summed E-state index contributed by atoms with van der Waals surface area (Å²) in [6.45, 7) is 10.7. The summed E-state index contributed by atoms with van der Waals surface area (Å²) in [5.41, 5.74) is 5.66. The number of methoxy groups -OCH3 is 2. The number of amides is 3. The lowest BCUT2D eigenvalue weighted by Crippen LogP contribution is -2.47. The normalized spacial score (nSPS) is 18.7. The van der Waals surface area contributed by atoms with Gasteiger partial charge in [0.25, 0.3) is 5.91 Å². The Labute approximate surface area is 213 Å². The van der Waals surface area contributed by atoms with E-state index in [0.717, 1.165) is 40.3 Å². The molecular weight excluding hydrogens is 456 g/mol. The van der Waals surface area contributed by atoms with Gasteiger partial charge in [-0.1, -0.05) is 13.0 Å². The summed E-state index contributed by atoms with van der Waals surface area (Å²) < 4.78 is 11.2. The maximum Gasteiger partial charge on any atom is 0.324 e. The average Bonchev–Trinajstić information content (AvgIpc) is 3.13. The predicted molar refractivity (Wildman–Crippen MR) is 140 cm³/mol. The van der Waals surface area contributed by atoms with E-state index < -0.39 is 0 Å². The molecule has 1 unspecified atom stereocenters. The first-order valence-corrected chi connectivity index (χ1v) is 12.7. The highest BCUT2D eigenvalue weighted by atomic mass is 16.5. The van der Waals surface area contributed by atoms with Gasteiger partial charge in [-0.05, 0) is 56.9 Å². The molecule has 0 aliphatic carbocycles. The van der Waals surface area contributed by atoms with Crippen LogP contribution in [-0.2, 0) is 6.54 Å². The number of rotatable bonds is 4. The van der Waals surface area contributed by atoms with Gasteiger partial charge in [-0.3, -0.25) is 9.69 Å². The summed E-state index contributed by atoms with van der Waals surface area (Å²) in [5, 5.41) is 0. The third-order valence-corrected chi connectivity index (χ3v) is 7.26. The fraction of sp³-hybridized carbons (Fsp3) is 0.500. The number of benzene rings is 1. The van der Waals surface area contributed by atoms with Gasteiger partial charge in [0, 0.05) is 55.1 Å². The van der Waals surface area contributed by atoms with Crippen molar-refractivity contribution in [3.05, 3.63) is 58.1 Å². The van der Waals surface area contributed by atoms with E-state index in [1.165, 1.54) is 0 Å². The van der Waals surface area contributed by atoms with Crippen molar-refractivity contribution in [2.75, 3.05) is 40.4 Å². The van der Waals surface area contributed by atoms with Crippen LogP contribution in [0.2, 0.25) is 0 Å². The van der Waals surface area contributed by atoms with Crippen molar-refractivity contribution in [3.8, 4) is 11.5 Å². The number of likely N-dealkylation sites (N-methyl/N-ethyl adjacent to an activating group) is 1. The summed E-state index contributed by atoms with van der Waals surface area (Å²) in [5.74, 6) is 1.54. The van der Waals surface area contributed by atoms with Crippen molar-refractivity contribution in [1.82, 2.24) is 19.7 Å². The van der Waals surface area contributed by atoms with Crippen LogP contribution in [0.25, 0.3) is 0 Å². The first-order valence-electron chi connectivity index (χ1n) is 12.7. The number of carbonyl (C=O) groups excluding carboxylic acids is 2. The zero-order valence-corrected chi connectivity index (χ0v) is 22.3. The van der Waals surface area contributed by atoms with Crippen molar-refractivity contribution in [2.45, 2.75) is 53.0 Å². The summed E-state index contributed by atoms with van der Waals surface area (Å²) >= 11 is 0. The smallest absolute Gasteiger partial charge is 0.324 e. The fourth-order valence-electron chi connectivity index (χ4n) is 5.41. The number of urea groups is 1. The standard InChI is InChI=1S/C28H38N4O4/c1-7-30-11-12-31(27(33)26-19(3)13-20(4)29-26)10-8-9-22-14-18(2)25-21(17-32(22)28(30)34)15-23(35-5)16-24(25)36-6/h13-16,18,29H,7-12,17H2,1-6H3. The number of aryl methyl sites for hydroxylation is 2. The van der Waals surface area contributed by atoms with Gasteiger partial charge in [-0.2, -0.15) is 0 Å². The quantitative estimate of drug-likeness (QED) is 0.660. The molecule has 1 aromatic heterocycles. The van der Waals surface area contributed by atoms with E-state index in [4.69, 9.17) is 9.47 Å². The van der Waals surface area contributed by atoms with Crippen LogP contribution < -0.4 is 9.47 Å².